The Bertz CT molecular complexity index is 574. The highest BCUT2D eigenvalue weighted by Crippen LogP contribution is 2.11. The van der Waals surface area contributed by atoms with E-state index in [1.807, 2.05) is 24.3 Å². The molecular formula is C15H13N3O. The van der Waals surface area contributed by atoms with Crippen molar-refractivity contribution in [3.05, 3.63) is 59.7 Å². The van der Waals surface area contributed by atoms with Crippen LogP contribution in [0.4, 0.5) is 5.69 Å². The smallest absolute Gasteiger partial charge is 0.119 e. The molecule has 0 heterocycles. The van der Waals surface area contributed by atoms with Crippen LogP contribution in [-0.2, 0) is 0 Å². The summed E-state index contributed by atoms with van der Waals surface area (Å²) in [5.41, 5.74) is 7.06. The highest BCUT2D eigenvalue weighted by Gasteiger charge is 1.95. The summed E-state index contributed by atoms with van der Waals surface area (Å²) >= 11 is 0. The number of methoxy groups -OCH3 is 1. The third-order valence-electron chi connectivity index (χ3n) is 2.28. The molecule has 0 fully saturated rings. The molecule has 0 spiro atoms. The molecule has 0 aliphatic rings. The van der Waals surface area contributed by atoms with Crippen molar-refractivity contribution in [1.82, 2.24) is 0 Å². The second-order valence-electron chi connectivity index (χ2n) is 3.54. The molecule has 4 heteroatoms. The van der Waals surface area contributed by atoms with E-state index in [9.17, 15) is 0 Å². The van der Waals surface area contributed by atoms with Gasteiger partial charge in [-0.25, -0.2) is 0 Å². The van der Waals surface area contributed by atoms with Gasteiger partial charge in [0, 0.05) is 5.69 Å². The van der Waals surface area contributed by atoms with E-state index in [0.29, 0.717) is 11.1 Å². The maximum atomic E-state index is 8.45. The van der Waals surface area contributed by atoms with E-state index in [1.54, 1.807) is 43.5 Å². The summed E-state index contributed by atoms with van der Waals surface area (Å²) in [6.07, 6.45) is 0. The first-order valence-corrected chi connectivity index (χ1v) is 5.50. The Morgan fingerprint density at radius 2 is 1.37 bits per heavy atom. The highest BCUT2D eigenvalue weighted by atomic mass is 16.5. The molecule has 0 unspecified atom stereocenters. The van der Waals surface area contributed by atoms with Gasteiger partial charge in [0.2, 0.25) is 0 Å². The van der Waals surface area contributed by atoms with Gasteiger partial charge in [-0.15, -0.1) is 0 Å². The van der Waals surface area contributed by atoms with Crippen molar-refractivity contribution in [2.24, 2.45) is 0 Å². The molecule has 0 radical (unpaired) electrons. The summed E-state index contributed by atoms with van der Waals surface area (Å²) in [7, 11) is 1.63. The third kappa shape index (κ3) is 4.41. The van der Waals surface area contributed by atoms with Crippen LogP contribution in [0.3, 0.4) is 0 Å². The Morgan fingerprint density at radius 3 is 1.74 bits per heavy atom. The molecule has 0 saturated heterocycles. The van der Waals surface area contributed by atoms with E-state index in [-0.39, 0.29) is 0 Å². The number of nitrogens with two attached hydrogens (primary N) is 1. The van der Waals surface area contributed by atoms with Gasteiger partial charge in [0.1, 0.15) is 17.9 Å². The maximum Gasteiger partial charge on any atom is 0.119 e. The lowest BCUT2D eigenvalue weighted by Gasteiger charge is -1.97. The number of ether oxygens (including phenoxy) is 1. The van der Waals surface area contributed by atoms with Gasteiger partial charge in [-0.3, -0.25) is 0 Å². The Kier molecular flexibility index (Phi) is 5.46. The molecule has 2 aromatic rings. The summed E-state index contributed by atoms with van der Waals surface area (Å²) in [5.74, 6) is 0.837. The van der Waals surface area contributed by atoms with Gasteiger partial charge in [0.15, 0.2) is 0 Å². The Balaban J connectivity index is 0.000000191. The molecule has 0 aromatic heterocycles. The number of rotatable bonds is 1. The van der Waals surface area contributed by atoms with Crippen LogP contribution in [0.5, 0.6) is 5.75 Å². The summed E-state index contributed by atoms with van der Waals surface area (Å²) in [6, 6.07) is 17.8. The number of nitrogen functional groups attached to an aromatic ring is 1. The normalized spacial score (nSPS) is 8.37. The monoisotopic (exact) mass is 251 g/mol. The van der Waals surface area contributed by atoms with Gasteiger partial charge >= 0.3 is 0 Å². The number of anilines is 1. The molecule has 19 heavy (non-hydrogen) atoms. The number of hydrogen-bond acceptors (Lipinski definition) is 4. The van der Waals surface area contributed by atoms with Crippen molar-refractivity contribution in [2.45, 2.75) is 0 Å². The van der Waals surface area contributed by atoms with Gasteiger partial charge in [-0.2, -0.15) is 10.5 Å². The fourth-order valence-electron chi connectivity index (χ4n) is 1.28. The summed E-state index contributed by atoms with van der Waals surface area (Å²) in [4.78, 5) is 0. The average molecular weight is 251 g/mol. The Labute approximate surface area is 112 Å². The minimum absolute atomic E-state index is 0.435. The van der Waals surface area contributed by atoms with Crippen LogP contribution in [0.1, 0.15) is 11.1 Å². The van der Waals surface area contributed by atoms with Crippen LogP contribution in [0.15, 0.2) is 48.5 Å². The van der Waals surface area contributed by atoms with E-state index in [0.717, 1.165) is 11.4 Å². The zero-order chi connectivity index (χ0) is 14.1. The zero-order valence-electron chi connectivity index (χ0n) is 10.5. The minimum atomic E-state index is 0.435. The fraction of sp³-hybridized carbons (Fsp3) is 0.0667. The SMILES string of the molecule is COc1ccc(N)cc1.N#Cc1ccccc1C#N. The summed E-state index contributed by atoms with van der Waals surface area (Å²) < 4.78 is 4.91. The topological polar surface area (TPSA) is 82.8 Å². The molecule has 0 aliphatic carbocycles. The highest BCUT2D eigenvalue weighted by molar-refractivity contribution is 5.44. The standard InChI is InChI=1S/C8H4N2.C7H9NO/c9-5-7-3-1-2-4-8(7)6-10;1-9-7-4-2-6(8)3-5-7/h1-4H;2-5H,8H2,1H3. The first kappa shape index (κ1) is 14.1. The minimum Gasteiger partial charge on any atom is -0.497 e. The number of benzene rings is 2. The van der Waals surface area contributed by atoms with Crippen LogP contribution in [-0.4, -0.2) is 7.11 Å². The quantitative estimate of drug-likeness (QED) is 0.790. The van der Waals surface area contributed by atoms with Gasteiger partial charge in [-0.1, -0.05) is 12.1 Å². The maximum absolute atomic E-state index is 8.45. The van der Waals surface area contributed by atoms with Crippen LogP contribution in [0.2, 0.25) is 0 Å². The van der Waals surface area contributed by atoms with Crippen molar-refractivity contribution in [2.75, 3.05) is 12.8 Å². The number of nitriles is 2. The average Bonchev–Trinajstić information content (AvgIpc) is 2.48. The molecule has 0 bridgehead atoms. The van der Waals surface area contributed by atoms with E-state index in [2.05, 4.69) is 0 Å². The van der Waals surface area contributed by atoms with Crippen molar-refractivity contribution >= 4 is 5.69 Å². The van der Waals surface area contributed by atoms with Gasteiger partial charge in [0.05, 0.1) is 18.2 Å². The molecule has 94 valence electrons. The predicted octanol–water partition coefficient (Wildman–Crippen LogP) is 2.71. The van der Waals surface area contributed by atoms with E-state index in [4.69, 9.17) is 21.0 Å². The van der Waals surface area contributed by atoms with Gasteiger partial charge < -0.3 is 10.5 Å². The van der Waals surface area contributed by atoms with E-state index >= 15 is 0 Å². The van der Waals surface area contributed by atoms with Crippen molar-refractivity contribution in [1.29, 1.82) is 10.5 Å². The van der Waals surface area contributed by atoms with Crippen molar-refractivity contribution in [3.8, 4) is 17.9 Å². The van der Waals surface area contributed by atoms with Crippen LogP contribution in [0.25, 0.3) is 0 Å². The molecule has 0 saturated carbocycles. The van der Waals surface area contributed by atoms with Crippen LogP contribution >= 0.6 is 0 Å². The second-order valence-corrected chi connectivity index (χ2v) is 3.54. The molecule has 2 rings (SSSR count). The largest absolute Gasteiger partial charge is 0.497 e. The van der Waals surface area contributed by atoms with Crippen LogP contribution in [0, 0.1) is 22.7 Å². The Hall–Kier alpha value is -2.98. The molecule has 0 amide bonds. The van der Waals surface area contributed by atoms with Crippen LogP contribution < -0.4 is 10.5 Å². The summed E-state index contributed by atoms with van der Waals surface area (Å²) in [5, 5.41) is 16.9. The number of nitrogens with zero attached hydrogens (tertiary/aromatic N) is 2. The molecule has 0 atom stereocenters. The Morgan fingerprint density at radius 1 is 0.895 bits per heavy atom. The molecule has 4 nitrogen and oxygen atoms in total. The lowest BCUT2D eigenvalue weighted by atomic mass is 10.1. The predicted molar refractivity (Wildman–Crippen MR) is 73.3 cm³/mol. The third-order valence-corrected chi connectivity index (χ3v) is 2.28. The molecular weight excluding hydrogens is 238 g/mol. The first-order chi connectivity index (χ1) is 9.21. The van der Waals surface area contributed by atoms with Crippen molar-refractivity contribution < 1.29 is 4.74 Å². The molecule has 0 aliphatic heterocycles. The van der Waals surface area contributed by atoms with Crippen molar-refractivity contribution in [3.63, 3.8) is 0 Å². The first-order valence-electron chi connectivity index (χ1n) is 5.50. The van der Waals surface area contributed by atoms with E-state index in [1.165, 1.54) is 0 Å². The van der Waals surface area contributed by atoms with Gasteiger partial charge in [0.25, 0.3) is 0 Å². The second kappa shape index (κ2) is 7.37. The molecule has 2 aromatic carbocycles. The lowest BCUT2D eigenvalue weighted by Crippen LogP contribution is -1.84. The fourth-order valence-corrected chi connectivity index (χ4v) is 1.28. The van der Waals surface area contributed by atoms with Gasteiger partial charge in [-0.05, 0) is 36.4 Å². The summed E-state index contributed by atoms with van der Waals surface area (Å²) in [6.45, 7) is 0. The number of hydrogen-bond donors (Lipinski definition) is 1. The lowest BCUT2D eigenvalue weighted by molar-refractivity contribution is 0.415. The zero-order valence-corrected chi connectivity index (χ0v) is 10.5. The van der Waals surface area contributed by atoms with E-state index < -0.39 is 0 Å². The molecule has 2 N–H and O–H groups in total.